The Balaban J connectivity index is 1.75. The monoisotopic (exact) mass is 406 g/mol. The highest BCUT2D eigenvalue weighted by molar-refractivity contribution is 6.32. The Kier molecular flexibility index (Phi) is 6.62. The minimum atomic E-state index is -0.710. The number of aryl methyl sites for hydroxylation is 1. The van der Waals surface area contributed by atoms with E-state index in [1.54, 1.807) is 19.1 Å². The molecule has 2 aromatic rings. The Morgan fingerprint density at radius 1 is 1.29 bits per heavy atom. The molecule has 1 aliphatic carbocycles. The molecule has 1 unspecified atom stereocenters. The minimum Gasteiger partial charge on any atom is -0.479 e. The highest BCUT2D eigenvalue weighted by Gasteiger charge is 2.21. The zero-order chi connectivity index (χ0) is 20.3. The Morgan fingerprint density at radius 2 is 2.00 bits per heavy atom. The van der Waals surface area contributed by atoms with Crippen molar-refractivity contribution in [2.45, 2.75) is 45.1 Å². The van der Waals surface area contributed by atoms with E-state index < -0.39 is 6.10 Å². The van der Waals surface area contributed by atoms with Gasteiger partial charge in [-0.3, -0.25) is 4.79 Å². The van der Waals surface area contributed by atoms with Gasteiger partial charge in [-0.15, -0.1) is 0 Å². The van der Waals surface area contributed by atoms with Crippen molar-refractivity contribution in [3.63, 3.8) is 0 Å². The Labute approximate surface area is 169 Å². The van der Waals surface area contributed by atoms with Crippen LogP contribution in [0.3, 0.4) is 0 Å². The maximum atomic E-state index is 12.3. The van der Waals surface area contributed by atoms with Crippen molar-refractivity contribution in [1.29, 1.82) is 0 Å². The fourth-order valence-corrected chi connectivity index (χ4v) is 3.74. The Hall–Kier alpha value is -2.05. The first-order valence-electron chi connectivity index (χ1n) is 9.74. The lowest BCUT2D eigenvalue weighted by atomic mass is 9.90. The lowest BCUT2D eigenvalue weighted by molar-refractivity contribution is -0.127. The molecule has 7 heteroatoms. The van der Waals surface area contributed by atoms with Gasteiger partial charge in [-0.25, -0.2) is 4.79 Å². The average Bonchev–Trinajstić information content (AvgIpc) is 2.66. The largest absolute Gasteiger partial charge is 0.479 e. The van der Waals surface area contributed by atoms with Gasteiger partial charge in [-0.05, 0) is 71.3 Å². The van der Waals surface area contributed by atoms with E-state index in [4.69, 9.17) is 20.8 Å². The summed E-state index contributed by atoms with van der Waals surface area (Å²) in [5.41, 5.74) is 1.94. The number of nitrogens with zero attached hydrogens (tertiary/aromatic N) is 1. The van der Waals surface area contributed by atoms with Gasteiger partial charge in [0.2, 0.25) is 0 Å². The van der Waals surface area contributed by atoms with Gasteiger partial charge in [-0.2, -0.15) is 0 Å². The second kappa shape index (κ2) is 8.97. The number of rotatable bonds is 7. The van der Waals surface area contributed by atoms with Crippen LogP contribution in [0.5, 0.6) is 5.75 Å². The van der Waals surface area contributed by atoms with Crippen LogP contribution in [-0.2, 0) is 17.6 Å². The molecule has 6 nitrogen and oxygen atoms in total. The smallest absolute Gasteiger partial charge is 0.339 e. The highest BCUT2D eigenvalue weighted by atomic mass is 35.5. The zero-order valence-corrected chi connectivity index (χ0v) is 17.4. The summed E-state index contributed by atoms with van der Waals surface area (Å²) < 4.78 is 11.3. The summed E-state index contributed by atoms with van der Waals surface area (Å²) in [5.74, 6) is 0.130. The summed E-state index contributed by atoms with van der Waals surface area (Å²) in [6.45, 7) is 3.15. The van der Waals surface area contributed by atoms with E-state index in [-0.39, 0.29) is 11.5 Å². The van der Waals surface area contributed by atoms with Crippen LogP contribution in [0, 0.1) is 0 Å². The molecule has 0 fully saturated rings. The molecule has 0 bridgehead atoms. The van der Waals surface area contributed by atoms with E-state index >= 15 is 0 Å². The molecule has 0 radical (unpaired) electrons. The van der Waals surface area contributed by atoms with E-state index in [1.807, 2.05) is 14.1 Å². The number of ether oxygens (including phenoxy) is 1. The number of hydrogen-bond donors (Lipinski definition) is 1. The second-order valence-corrected chi connectivity index (χ2v) is 7.95. The summed E-state index contributed by atoms with van der Waals surface area (Å²) in [5, 5.41) is 4.12. The number of nitrogens with one attached hydrogen (secondary N) is 1. The minimum absolute atomic E-state index is 0.207. The molecule has 152 valence electrons. The van der Waals surface area contributed by atoms with Crippen molar-refractivity contribution >= 4 is 28.5 Å². The van der Waals surface area contributed by atoms with Crippen LogP contribution in [-0.4, -0.2) is 44.1 Å². The number of amides is 1. The van der Waals surface area contributed by atoms with Gasteiger partial charge in [0.05, 0.1) is 5.02 Å². The van der Waals surface area contributed by atoms with Crippen LogP contribution in [0.25, 0.3) is 11.0 Å². The third kappa shape index (κ3) is 4.67. The van der Waals surface area contributed by atoms with Crippen LogP contribution in [0.2, 0.25) is 5.02 Å². The fourth-order valence-electron chi connectivity index (χ4n) is 3.53. The first-order chi connectivity index (χ1) is 13.4. The van der Waals surface area contributed by atoms with Crippen molar-refractivity contribution in [2.75, 3.05) is 27.2 Å². The third-order valence-corrected chi connectivity index (χ3v) is 5.33. The summed E-state index contributed by atoms with van der Waals surface area (Å²) >= 11 is 6.41. The van der Waals surface area contributed by atoms with E-state index in [1.165, 1.54) is 0 Å². The standard InChI is InChI=1S/C21H27ClN2O4/c1-13(20(25)23-9-6-10-24(2)3)27-19-12-18-16(11-17(19)22)14-7-4-5-8-15(14)21(26)28-18/h11-13H,4-10H2,1-3H3,(H,23,25). The number of fused-ring (bicyclic) bond motifs is 3. The first kappa shape index (κ1) is 20.7. The molecular formula is C21H27ClN2O4. The molecule has 0 aliphatic heterocycles. The number of carbonyl (C=O) groups is 1. The van der Waals surface area contributed by atoms with E-state index in [2.05, 4.69) is 10.2 Å². The van der Waals surface area contributed by atoms with Gasteiger partial charge in [0.15, 0.2) is 6.10 Å². The topological polar surface area (TPSA) is 71.8 Å². The fraction of sp³-hybridized carbons (Fsp3) is 0.524. The van der Waals surface area contributed by atoms with E-state index in [0.717, 1.165) is 55.2 Å². The molecule has 28 heavy (non-hydrogen) atoms. The number of halogens is 1. The number of carbonyl (C=O) groups excluding carboxylic acids is 1. The molecule has 3 rings (SSSR count). The normalized spacial score (nSPS) is 14.8. The summed E-state index contributed by atoms with van der Waals surface area (Å²) in [4.78, 5) is 26.6. The molecule has 0 saturated heterocycles. The molecule has 1 heterocycles. The molecule has 0 saturated carbocycles. The third-order valence-electron chi connectivity index (χ3n) is 5.03. The lowest BCUT2D eigenvalue weighted by Gasteiger charge is -2.19. The first-order valence-corrected chi connectivity index (χ1v) is 10.1. The van der Waals surface area contributed by atoms with Crippen molar-refractivity contribution in [1.82, 2.24) is 10.2 Å². The quantitative estimate of drug-likeness (QED) is 0.565. The molecule has 1 atom stereocenters. The van der Waals surface area contributed by atoms with Crippen LogP contribution in [0.1, 0.15) is 37.3 Å². The van der Waals surface area contributed by atoms with Gasteiger partial charge in [-0.1, -0.05) is 11.6 Å². The molecule has 1 N–H and O–H groups in total. The van der Waals surface area contributed by atoms with Crippen molar-refractivity contribution < 1.29 is 13.9 Å². The van der Waals surface area contributed by atoms with Gasteiger partial charge in [0, 0.05) is 23.6 Å². The number of hydrogen-bond acceptors (Lipinski definition) is 5. The number of benzene rings is 1. The average molecular weight is 407 g/mol. The zero-order valence-electron chi connectivity index (χ0n) is 16.6. The second-order valence-electron chi connectivity index (χ2n) is 7.54. The van der Waals surface area contributed by atoms with Crippen LogP contribution in [0.15, 0.2) is 21.3 Å². The predicted octanol–water partition coefficient (Wildman–Crippen LogP) is 3.16. The molecule has 1 aromatic carbocycles. The summed E-state index contributed by atoms with van der Waals surface area (Å²) in [6, 6.07) is 3.39. The molecular weight excluding hydrogens is 380 g/mol. The van der Waals surface area contributed by atoms with Crippen LogP contribution < -0.4 is 15.7 Å². The summed E-state index contributed by atoms with van der Waals surface area (Å²) in [6.07, 6.45) is 3.79. The Bertz CT molecular complexity index is 923. The van der Waals surface area contributed by atoms with Gasteiger partial charge in [0.1, 0.15) is 11.3 Å². The molecule has 1 amide bonds. The molecule has 1 aromatic heterocycles. The SMILES string of the molecule is CC(Oc1cc2oc(=O)c3c(c2cc1Cl)CCCC3)C(=O)NCCCN(C)C. The maximum Gasteiger partial charge on any atom is 0.339 e. The maximum absolute atomic E-state index is 12.3. The van der Waals surface area contributed by atoms with Crippen LogP contribution in [0.4, 0.5) is 0 Å². The van der Waals surface area contributed by atoms with Crippen LogP contribution >= 0.6 is 11.6 Å². The molecule has 1 aliphatic rings. The van der Waals surface area contributed by atoms with Crippen molar-refractivity contribution in [3.8, 4) is 5.75 Å². The van der Waals surface area contributed by atoms with Crippen molar-refractivity contribution in [3.05, 3.63) is 38.7 Å². The van der Waals surface area contributed by atoms with E-state index in [9.17, 15) is 9.59 Å². The predicted molar refractivity (Wildman–Crippen MR) is 110 cm³/mol. The highest BCUT2D eigenvalue weighted by Crippen LogP contribution is 2.34. The van der Waals surface area contributed by atoms with Gasteiger partial charge >= 0.3 is 5.63 Å². The molecule has 0 spiro atoms. The Morgan fingerprint density at radius 3 is 2.71 bits per heavy atom. The van der Waals surface area contributed by atoms with E-state index in [0.29, 0.717) is 22.9 Å². The van der Waals surface area contributed by atoms with Gasteiger partial charge in [0.25, 0.3) is 5.91 Å². The summed E-state index contributed by atoms with van der Waals surface area (Å²) in [7, 11) is 3.98. The van der Waals surface area contributed by atoms with Gasteiger partial charge < -0.3 is 19.4 Å². The van der Waals surface area contributed by atoms with Crippen molar-refractivity contribution in [2.24, 2.45) is 0 Å². The lowest BCUT2D eigenvalue weighted by Crippen LogP contribution is -2.37.